The lowest BCUT2D eigenvalue weighted by atomic mass is 9.87. The van der Waals surface area contributed by atoms with Crippen LogP contribution in [-0.2, 0) is 9.59 Å². The van der Waals surface area contributed by atoms with Crippen molar-refractivity contribution >= 4 is 11.9 Å². The first-order chi connectivity index (χ1) is 9.85. The van der Waals surface area contributed by atoms with Crippen molar-refractivity contribution < 1.29 is 14.7 Å². The molecular weight excluding hydrogens is 268 g/mol. The third-order valence-electron chi connectivity index (χ3n) is 4.69. The third-order valence-corrected chi connectivity index (χ3v) is 4.69. The van der Waals surface area contributed by atoms with Crippen LogP contribution in [0.25, 0.3) is 0 Å². The number of carbonyl (C=O) groups is 2. The molecule has 122 valence electrons. The zero-order valence-corrected chi connectivity index (χ0v) is 13.8. The Labute approximate surface area is 128 Å². The first-order valence-corrected chi connectivity index (χ1v) is 8.05. The lowest BCUT2D eigenvalue weighted by Gasteiger charge is -2.35. The summed E-state index contributed by atoms with van der Waals surface area (Å²) in [4.78, 5) is 27.1. The van der Waals surface area contributed by atoms with Crippen LogP contribution in [0.5, 0.6) is 0 Å². The Kier molecular flexibility index (Phi) is 7.15. The summed E-state index contributed by atoms with van der Waals surface area (Å²) >= 11 is 0. The molecule has 1 atom stereocenters. The Bertz CT molecular complexity index is 351. The van der Waals surface area contributed by atoms with Crippen molar-refractivity contribution in [3.05, 3.63) is 0 Å². The smallest absolute Gasteiger partial charge is 0.307 e. The maximum Gasteiger partial charge on any atom is 0.307 e. The lowest BCUT2D eigenvalue weighted by molar-refractivity contribution is -0.143. The van der Waals surface area contributed by atoms with E-state index in [-0.39, 0.29) is 5.91 Å². The number of aliphatic carboxylic acids is 1. The fourth-order valence-electron chi connectivity index (χ4n) is 2.91. The van der Waals surface area contributed by atoms with E-state index in [1.54, 1.807) is 6.92 Å². The predicted molar refractivity (Wildman–Crippen MR) is 83.1 cm³/mol. The van der Waals surface area contributed by atoms with E-state index in [0.29, 0.717) is 25.7 Å². The number of carboxylic acids is 1. The molecule has 0 heterocycles. The normalized spacial score (nSPS) is 23.9. The van der Waals surface area contributed by atoms with Gasteiger partial charge in [0.1, 0.15) is 0 Å². The molecule has 1 fully saturated rings. The van der Waals surface area contributed by atoms with E-state index in [1.165, 1.54) is 12.8 Å². The summed E-state index contributed by atoms with van der Waals surface area (Å²) in [6.45, 7) is 7.35. The van der Waals surface area contributed by atoms with Crippen molar-refractivity contribution in [1.29, 1.82) is 0 Å². The van der Waals surface area contributed by atoms with E-state index in [4.69, 9.17) is 5.11 Å². The van der Waals surface area contributed by atoms with Crippen molar-refractivity contribution in [1.82, 2.24) is 9.80 Å². The topological polar surface area (TPSA) is 60.9 Å². The highest BCUT2D eigenvalue weighted by Crippen LogP contribution is 2.26. The van der Waals surface area contributed by atoms with Crippen LogP contribution in [0.3, 0.4) is 0 Å². The Morgan fingerprint density at radius 3 is 2.29 bits per heavy atom. The van der Waals surface area contributed by atoms with Gasteiger partial charge in [-0.05, 0) is 38.1 Å². The minimum atomic E-state index is -0.810. The number of hydrogen-bond acceptors (Lipinski definition) is 3. The molecule has 21 heavy (non-hydrogen) atoms. The lowest BCUT2D eigenvalue weighted by Crippen LogP contribution is -2.45. The number of likely N-dealkylation sites (N-methyl/N-ethyl adjacent to an activating group) is 2. The molecule has 1 aliphatic carbocycles. The monoisotopic (exact) mass is 298 g/mol. The average Bonchev–Trinajstić information content (AvgIpc) is 2.46. The first-order valence-electron chi connectivity index (χ1n) is 8.05. The molecular formula is C16H30N2O3. The second-order valence-electron chi connectivity index (χ2n) is 6.49. The number of carboxylic acid groups (broad SMARTS) is 1. The number of nitrogens with zero attached hydrogens (tertiary/aromatic N) is 2. The van der Waals surface area contributed by atoms with E-state index in [9.17, 15) is 9.59 Å². The molecule has 1 rings (SSSR count). The van der Waals surface area contributed by atoms with Gasteiger partial charge in [-0.15, -0.1) is 0 Å². The molecule has 0 aromatic rings. The van der Waals surface area contributed by atoms with Gasteiger partial charge in [0, 0.05) is 19.6 Å². The van der Waals surface area contributed by atoms with Gasteiger partial charge in [0.15, 0.2) is 0 Å². The molecule has 1 aliphatic rings. The van der Waals surface area contributed by atoms with Gasteiger partial charge in [-0.3, -0.25) is 14.5 Å². The highest BCUT2D eigenvalue weighted by atomic mass is 16.4. The zero-order valence-electron chi connectivity index (χ0n) is 13.8. The molecule has 0 saturated heterocycles. The summed E-state index contributed by atoms with van der Waals surface area (Å²) in [7, 11) is 1.89. The van der Waals surface area contributed by atoms with Crippen LogP contribution in [0.1, 0.15) is 46.5 Å². The van der Waals surface area contributed by atoms with Gasteiger partial charge in [-0.2, -0.15) is 0 Å². The summed E-state index contributed by atoms with van der Waals surface area (Å²) in [5, 5.41) is 8.98. The van der Waals surface area contributed by atoms with Crippen molar-refractivity contribution in [2.75, 3.05) is 26.7 Å². The summed E-state index contributed by atoms with van der Waals surface area (Å²) in [6.07, 6.45) is 4.55. The fourth-order valence-corrected chi connectivity index (χ4v) is 2.91. The highest BCUT2D eigenvalue weighted by Gasteiger charge is 2.26. The summed E-state index contributed by atoms with van der Waals surface area (Å²) in [5.74, 6) is -0.378. The summed E-state index contributed by atoms with van der Waals surface area (Å²) in [5.41, 5.74) is 0. The van der Waals surface area contributed by atoms with E-state index in [0.717, 1.165) is 18.8 Å². The molecule has 0 aromatic carbocycles. The minimum absolute atomic E-state index is 0.106. The Morgan fingerprint density at radius 1 is 1.24 bits per heavy atom. The molecule has 0 radical (unpaired) electrons. The largest absolute Gasteiger partial charge is 0.481 e. The molecule has 1 saturated carbocycles. The van der Waals surface area contributed by atoms with Crippen LogP contribution in [0.2, 0.25) is 0 Å². The van der Waals surface area contributed by atoms with Gasteiger partial charge in [-0.25, -0.2) is 0 Å². The highest BCUT2D eigenvalue weighted by molar-refractivity contribution is 5.78. The van der Waals surface area contributed by atoms with Crippen LogP contribution in [0, 0.1) is 11.8 Å². The molecule has 5 heteroatoms. The van der Waals surface area contributed by atoms with Crippen LogP contribution >= 0.6 is 0 Å². The molecule has 0 aliphatic heterocycles. The SMILES string of the molecule is CCN(CC(=O)N(C)C1CCC(C)CC1)CC(C)C(=O)O. The summed E-state index contributed by atoms with van der Waals surface area (Å²) in [6, 6.07) is 0.351. The molecule has 0 aromatic heterocycles. The maximum atomic E-state index is 12.4. The van der Waals surface area contributed by atoms with Crippen molar-refractivity contribution in [3.63, 3.8) is 0 Å². The molecule has 1 N–H and O–H groups in total. The summed E-state index contributed by atoms with van der Waals surface area (Å²) < 4.78 is 0. The van der Waals surface area contributed by atoms with E-state index >= 15 is 0 Å². The fraction of sp³-hybridized carbons (Fsp3) is 0.875. The second kappa shape index (κ2) is 8.37. The van der Waals surface area contributed by atoms with Crippen LogP contribution in [0.15, 0.2) is 0 Å². The number of rotatable bonds is 7. The quantitative estimate of drug-likeness (QED) is 0.781. The van der Waals surface area contributed by atoms with Gasteiger partial charge in [0.2, 0.25) is 5.91 Å². The predicted octanol–water partition coefficient (Wildman–Crippen LogP) is 2.07. The standard InChI is InChI=1S/C16H30N2O3/c1-5-18(10-13(3)16(20)21)11-15(19)17(4)14-8-6-12(2)7-9-14/h12-14H,5-11H2,1-4H3,(H,20,21). The van der Waals surface area contributed by atoms with Gasteiger partial charge in [0.25, 0.3) is 0 Å². The van der Waals surface area contributed by atoms with Crippen LogP contribution in [0.4, 0.5) is 0 Å². The minimum Gasteiger partial charge on any atom is -0.481 e. The Balaban J connectivity index is 2.47. The van der Waals surface area contributed by atoms with E-state index in [1.807, 2.05) is 23.8 Å². The first kappa shape index (κ1) is 18.0. The van der Waals surface area contributed by atoms with Crippen LogP contribution in [-0.4, -0.2) is 59.5 Å². The molecule has 1 unspecified atom stereocenters. The van der Waals surface area contributed by atoms with Gasteiger partial charge >= 0.3 is 5.97 Å². The average molecular weight is 298 g/mol. The zero-order chi connectivity index (χ0) is 16.0. The Morgan fingerprint density at radius 2 is 1.81 bits per heavy atom. The second-order valence-corrected chi connectivity index (χ2v) is 6.49. The van der Waals surface area contributed by atoms with E-state index in [2.05, 4.69) is 6.92 Å². The maximum absolute atomic E-state index is 12.4. The number of amides is 1. The van der Waals surface area contributed by atoms with Crippen molar-refractivity contribution in [2.45, 2.75) is 52.5 Å². The van der Waals surface area contributed by atoms with Crippen LogP contribution < -0.4 is 0 Å². The third kappa shape index (κ3) is 5.65. The molecule has 1 amide bonds. The van der Waals surface area contributed by atoms with Gasteiger partial charge in [-0.1, -0.05) is 20.8 Å². The Hall–Kier alpha value is -1.10. The number of carbonyl (C=O) groups excluding carboxylic acids is 1. The van der Waals surface area contributed by atoms with Gasteiger partial charge in [0.05, 0.1) is 12.5 Å². The van der Waals surface area contributed by atoms with Gasteiger partial charge < -0.3 is 10.0 Å². The molecule has 0 bridgehead atoms. The van der Waals surface area contributed by atoms with Crippen molar-refractivity contribution in [3.8, 4) is 0 Å². The molecule has 5 nitrogen and oxygen atoms in total. The number of hydrogen-bond donors (Lipinski definition) is 1. The van der Waals surface area contributed by atoms with Crippen molar-refractivity contribution in [2.24, 2.45) is 11.8 Å². The molecule has 0 spiro atoms. The van der Waals surface area contributed by atoms with E-state index < -0.39 is 11.9 Å².